The van der Waals surface area contributed by atoms with Crippen molar-refractivity contribution in [3.63, 3.8) is 0 Å². The van der Waals surface area contributed by atoms with Crippen LogP contribution in [0.1, 0.15) is 19.9 Å². The largest absolute Gasteiger partial charge is 0.492 e. The number of benzene rings is 1. The van der Waals surface area contributed by atoms with Crippen LogP contribution in [0, 0.1) is 0 Å². The monoisotopic (exact) mass is 285 g/mol. The summed E-state index contributed by atoms with van der Waals surface area (Å²) in [5.41, 5.74) is 7.93. The van der Waals surface area contributed by atoms with E-state index in [4.69, 9.17) is 10.5 Å². The highest BCUT2D eigenvalue weighted by molar-refractivity contribution is 5.84. The van der Waals surface area contributed by atoms with Crippen LogP contribution in [0.3, 0.4) is 0 Å². The van der Waals surface area contributed by atoms with Crippen molar-refractivity contribution in [2.45, 2.75) is 26.4 Å². The van der Waals surface area contributed by atoms with Gasteiger partial charge < -0.3 is 19.6 Å². The Balaban J connectivity index is 2.01. The summed E-state index contributed by atoms with van der Waals surface area (Å²) < 4.78 is 9.70. The second-order valence-corrected chi connectivity index (χ2v) is 5.01. The van der Waals surface area contributed by atoms with Crippen molar-refractivity contribution in [2.24, 2.45) is 0 Å². The van der Waals surface area contributed by atoms with Crippen LogP contribution in [-0.2, 0) is 6.54 Å². The highest BCUT2D eigenvalue weighted by Gasteiger charge is 2.16. The molecular formula is C15H19N5O. The van der Waals surface area contributed by atoms with Gasteiger partial charge in [0.25, 0.3) is 0 Å². The van der Waals surface area contributed by atoms with Crippen LogP contribution in [0.2, 0.25) is 0 Å². The minimum atomic E-state index is 0.168. The van der Waals surface area contributed by atoms with Crippen molar-refractivity contribution in [3.05, 3.63) is 36.9 Å². The number of nitrogens with zero attached hydrogens (tertiary/aromatic N) is 4. The Morgan fingerprint density at radius 1 is 1.38 bits per heavy atom. The van der Waals surface area contributed by atoms with Crippen LogP contribution in [0.5, 0.6) is 5.75 Å². The van der Waals surface area contributed by atoms with E-state index in [1.54, 1.807) is 12.5 Å². The summed E-state index contributed by atoms with van der Waals surface area (Å²) in [5, 5.41) is 0. The fourth-order valence-corrected chi connectivity index (χ4v) is 2.63. The van der Waals surface area contributed by atoms with Crippen LogP contribution in [-0.4, -0.2) is 25.7 Å². The zero-order chi connectivity index (χ0) is 14.8. The van der Waals surface area contributed by atoms with E-state index >= 15 is 0 Å². The number of para-hydroxylation sites is 1. The molecule has 0 amide bonds. The Hall–Kier alpha value is -2.50. The third-order valence-corrected chi connectivity index (χ3v) is 3.49. The van der Waals surface area contributed by atoms with Gasteiger partial charge in [0.2, 0.25) is 5.95 Å². The molecule has 0 aliphatic rings. The molecule has 21 heavy (non-hydrogen) atoms. The molecule has 1 atom stereocenters. The van der Waals surface area contributed by atoms with Crippen molar-refractivity contribution in [3.8, 4) is 5.75 Å². The van der Waals surface area contributed by atoms with Gasteiger partial charge in [-0.15, -0.1) is 0 Å². The lowest BCUT2D eigenvalue weighted by molar-refractivity contribution is 0.343. The molecule has 1 aromatic carbocycles. The van der Waals surface area contributed by atoms with Gasteiger partial charge in [-0.3, -0.25) is 0 Å². The quantitative estimate of drug-likeness (QED) is 0.781. The first-order chi connectivity index (χ1) is 10.2. The summed E-state index contributed by atoms with van der Waals surface area (Å²) in [7, 11) is 0. The number of imidazole rings is 2. The molecule has 2 N–H and O–H groups in total. The van der Waals surface area contributed by atoms with E-state index in [2.05, 4.69) is 16.9 Å². The smallest absolute Gasteiger partial charge is 0.201 e. The van der Waals surface area contributed by atoms with E-state index < -0.39 is 0 Å². The molecule has 0 aliphatic heterocycles. The van der Waals surface area contributed by atoms with Gasteiger partial charge in [0.1, 0.15) is 11.3 Å². The van der Waals surface area contributed by atoms with E-state index in [0.29, 0.717) is 12.6 Å². The summed E-state index contributed by atoms with van der Waals surface area (Å²) in [6.07, 6.45) is 5.52. The van der Waals surface area contributed by atoms with Gasteiger partial charge in [0.05, 0.1) is 24.5 Å². The molecule has 0 radical (unpaired) electrons. The third-order valence-electron chi connectivity index (χ3n) is 3.49. The van der Waals surface area contributed by atoms with Crippen LogP contribution in [0.15, 0.2) is 36.9 Å². The second kappa shape index (κ2) is 5.47. The number of hydrogen-bond donors (Lipinski definition) is 1. The molecule has 2 heterocycles. The number of nitrogen functional groups attached to an aromatic ring is 1. The minimum Gasteiger partial charge on any atom is -0.492 e. The van der Waals surface area contributed by atoms with Crippen molar-refractivity contribution < 1.29 is 4.74 Å². The molecule has 0 saturated carbocycles. The summed E-state index contributed by atoms with van der Waals surface area (Å²) in [6, 6.07) is 6.07. The zero-order valence-corrected chi connectivity index (χ0v) is 12.2. The van der Waals surface area contributed by atoms with E-state index in [0.717, 1.165) is 23.3 Å². The van der Waals surface area contributed by atoms with Gasteiger partial charge >= 0.3 is 0 Å². The van der Waals surface area contributed by atoms with Crippen molar-refractivity contribution >= 4 is 17.0 Å². The van der Waals surface area contributed by atoms with Gasteiger partial charge in [-0.2, -0.15) is 0 Å². The molecule has 6 nitrogen and oxygen atoms in total. The fourth-order valence-electron chi connectivity index (χ4n) is 2.63. The highest BCUT2D eigenvalue weighted by atomic mass is 16.5. The number of nitrogens with two attached hydrogens (primary N) is 1. The van der Waals surface area contributed by atoms with E-state index in [9.17, 15) is 0 Å². The predicted molar refractivity (Wildman–Crippen MR) is 82.3 cm³/mol. The average molecular weight is 285 g/mol. The minimum absolute atomic E-state index is 0.168. The highest BCUT2D eigenvalue weighted by Crippen LogP contribution is 2.30. The van der Waals surface area contributed by atoms with Crippen molar-refractivity contribution in [1.82, 2.24) is 19.1 Å². The molecule has 2 aromatic heterocycles. The van der Waals surface area contributed by atoms with Crippen LogP contribution in [0.4, 0.5) is 5.95 Å². The Morgan fingerprint density at radius 3 is 2.95 bits per heavy atom. The molecule has 0 fully saturated rings. The molecule has 0 spiro atoms. The first-order valence-electron chi connectivity index (χ1n) is 7.05. The number of hydrogen-bond acceptors (Lipinski definition) is 4. The summed E-state index contributed by atoms with van der Waals surface area (Å²) in [4.78, 5) is 8.54. The topological polar surface area (TPSA) is 70.9 Å². The van der Waals surface area contributed by atoms with Crippen LogP contribution >= 0.6 is 0 Å². The lowest BCUT2D eigenvalue weighted by Crippen LogP contribution is -2.14. The molecule has 0 saturated heterocycles. The SMILES string of the molecule is CCOc1cccc2c1nc(N)n2C(C)Cn1ccnc1. The van der Waals surface area contributed by atoms with Crippen LogP contribution in [0.25, 0.3) is 11.0 Å². The second-order valence-electron chi connectivity index (χ2n) is 5.01. The zero-order valence-electron chi connectivity index (χ0n) is 12.2. The van der Waals surface area contributed by atoms with Crippen molar-refractivity contribution in [1.29, 1.82) is 0 Å². The fraction of sp³-hybridized carbons (Fsp3) is 0.333. The van der Waals surface area contributed by atoms with Gasteiger partial charge in [0, 0.05) is 18.9 Å². The summed E-state index contributed by atoms with van der Waals surface area (Å²) >= 11 is 0. The Labute approximate surface area is 123 Å². The van der Waals surface area contributed by atoms with Crippen LogP contribution < -0.4 is 10.5 Å². The summed E-state index contributed by atoms with van der Waals surface area (Å²) in [6.45, 7) is 5.47. The Morgan fingerprint density at radius 2 is 2.24 bits per heavy atom. The van der Waals surface area contributed by atoms with E-state index in [-0.39, 0.29) is 6.04 Å². The number of aromatic nitrogens is 4. The normalized spacial score (nSPS) is 12.7. The number of anilines is 1. The predicted octanol–water partition coefficient (Wildman–Crippen LogP) is 2.47. The first kappa shape index (κ1) is 13.5. The number of ether oxygens (including phenoxy) is 1. The summed E-state index contributed by atoms with van der Waals surface area (Å²) in [5.74, 6) is 1.28. The average Bonchev–Trinajstić information content (AvgIpc) is 3.06. The molecule has 0 bridgehead atoms. The lowest BCUT2D eigenvalue weighted by atomic mass is 10.2. The Kier molecular flexibility index (Phi) is 3.51. The maximum atomic E-state index is 6.12. The first-order valence-corrected chi connectivity index (χ1v) is 7.05. The van der Waals surface area contributed by atoms with Gasteiger partial charge in [-0.05, 0) is 26.0 Å². The third kappa shape index (κ3) is 2.44. The van der Waals surface area contributed by atoms with Gasteiger partial charge in [-0.25, -0.2) is 9.97 Å². The van der Waals surface area contributed by atoms with Gasteiger partial charge in [0.15, 0.2) is 0 Å². The maximum absolute atomic E-state index is 6.12. The molecular weight excluding hydrogens is 266 g/mol. The maximum Gasteiger partial charge on any atom is 0.201 e. The molecule has 3 rings (SSSR count). The van der Waals surface area contributed by atoms with E-state index in [1.165, 1.54) is 0 Å². The molecule has 3 aromatic rings. The van der Waals surface area contributed by atoms with Crippen molar-refractivity contribution in [2.75, 3.05) is 12.3 Å². The molecule has 0 aliphatic carbocycles. The van der Waals surface area contributed by atoms with Gasteiger partial charge in [-0.1, -0.05) is 6.07 Å². The molecule has 110 valence electrons. The Bertz CT molecular complexity index is 732. The molecule has 1 unspecified atom stereocenters. The number of rotatable bonds is 5. The standard InChI is InChI=1S/C15H19N5O/c1-3-21-13-6-4-5-12-14(13)18-15(16)20(12)11(2)9-19-8-7-17-10-19/h4-8,10-11H,3,9H2,1-2H3,(H2,16,18). The lowest BCUT2D eigenvalue weighted by Gasteiger charge is -2.16. The number of fused-ring (bicyclic) bond motifs is 1. The molecule has 6 heteroatoms. The van der Waals surface area contributed by atoms with E-state index in [1.807, 2.05) is 40.5 Å².